The smallest absolute Gasteiger partial charge is 0.283 e. The van der Waals surface area contributed by atoms with Crippen molar-refractivity contribution in [3.8, 4) is 5.75 Å². The van der Waals surface area contributed by atoms with Gasteiger partial charge in [0.2, 0.25) is 0 Å². The Morgan fingerprint density at radius 2 is 2.20 bits per heavy atom. The minimum Gasteiger partial charge on any atom is -0.496 e. The second kappa shape index (κ2) is 4.43. The first-order valence-electron chi connectivity index (χ1n) is 3.79. The largest absolute Gasteiger partial charge is 0.496 e. The van der Waals surface area contributed by atoms with Crippen LogP contribution in [0.3, 0.4) is 0 Å². The first-order valence-corrected chi connectivity index (χ1v) is 4.87. The summed E-state index contributed by atoms with van der Waals surface area (Å²) < 4.78 is 5.08. The second-order valence-corrected chi connectivity index (χ2v) is 3.68. The molecule has 80 valence electrons. The van der Waals surface area contributed by atoms with Crippen LogP contribution in [0.25, 0.3) is 0 Å². The average molecular weight is 322 g/mol. The van der Waals surface area contributed by atoms with Gasteiger partial charge in [0.25, 0.3) is 11.6 Å². The number of ether oxygens (including phenoxy) is 1. The summed E-state index contributed by atoms with van der Waals surface area (Å²) in [5, 5.41) is 10.6. The summed E-state index contributed by atoms with van der Waals surface area (Å²) in [4.78, 5) is 21.1. The number of hydrogen-bond acceptors (Lipinski definition) is 4. The molecule has 2 N–H and O–H groups in total. The molecule has 0 fully saturated rings. The Labute approximate surface area is 98.7 Å². The number of nitro benzene ring substituents is 1. The summed E-state index contributed by atoms with van der Waals surface area (Å²) in [5.41, 5.74) is 4.99. The molecule has 0 aromatic heterocycles. The van der Waals surface area contributed by atoms with Crippen molar-refractivity contribution in [2.75, 3.05) is 7.11 Å². The van der Waals surface area contributed by atoms with Crippen molar-refractivity contribution >= 4 is 34.2 Å². The summed E-state index contributed by atoms with van der Waals surface area (Å²) in [6, 6.07) is 2.62. The first kappa shape index (κ1) is 11.7. The van der Waals surface area contributed by atoms with Crippen LogP contribution in [0.1, 0.15) is 10.4 Å². The molecular weight excluding hydrogens is 315 g/mol. The number of methoxy groups -OCH3 is 1. The lowest BCUT2D eigenvalue weighted by molar-refractivity contribution is -0.385. The number of amides is 1. The van der Waals surface area contributed by atoms with E-state index in [1.807, 2.05) is 0 Å². The molecule has 0 heterocycles. The molecule has 1 rings (SSSR count). The van der Waals surface area contributed by atoms with Gasteiger partial charge in [-0.25, -0.2) is 0 Å². The van der Waals surface area contributed by atoms with Crippen molar-refractivity contribution in [2.24, 2.45) is 5.73 Å². The molecule has 1 amide bonds. The van der Waals surface area contributed by atoms with Crippen molar-refractivity contribution in [1.29, 1.82) is 0 Å². The van der Waals surface area contributed by atoms with E-state index in [4.69, 9.17) is 10.5 Å². The van der Waals surface area contributed by atoms with E-state index >= 15 is 0 Å². The molecule has 0 aliphatic carbocycles. The number of carbonyl (C=O) groups excluding carboxylic acids is 1. The predicted molar refractivity (Wildman–Crippen MR) is 60.9 cm³/mol. The lowest BCUT2D eigenvalue weighted by atomic mass is 10.1. The topological polar surface area (TPSA) is 95.5 Å². The van der Waals surface area contributed by atoms with Gasteiger partial charge in [-0.1, -0.05) is 0 Å². The van der Waals surface area contributed by atoms with Crippen LogP contribution in [0, 0.1) is 13.7 Å². The van der Waals surface area contributed by atoms with Gasteiger partial charge in [0, 0.05) is 6.07 Å². The molecule has 7 heteroatoms. The monoisotopic (exact) mass is 322 g/mol. The molecule has 0 unspecified atom stereocenters. The molecule has 1 aromatic rings. The lowest BCUT2D eigenvalue weighted by Crippen LogP contribution is -2.15. The normalized spacial score (nSPS) is 9.73. The summed E-state index contributed by atoms with van der Waals surface area (Å²) >= 11 is 1.70. The van der Waals surface area contributed by atoms with E-state index in [1.165, 1.54) is 19.2 Å². The molecule has 0 spiro atoms. The second-order valence-electron chi connectivity index (χ2n) is 2.60. The minimum absolute atomic E-state index is 0.0345. The van der Waals surface area contributed by atoms with E-state index in [0.717, 1.165) is 0 Å². The number of primary amides is 1. The van der Waals surface area contributed by atoms with E-state index in [0.29, 0.717) is 0 Å². The minimum atomic E-state index is -0.750. The molecule has 0 atom stereocenters. The molecule has 0 radical (unpaired) electrons. The van der Waals surface area contributed by atoms with E-state index in [1.54, 1.807) is 22.6 Å². The molecule has 15 heavy (non-hydrogen) atoms. The third kappa shape index (κ3) is 2.17. The zero-order valence-electron chi connectivity index (χ0n) is 7.69. The van der Waals surface area contributed by atoms with E-state index in [2.05, 4.69) is 0 Å². The van der Waals surface area contributed by atoms with Crippen LogP contribution in [0.15, 0.2) is 12.1 Å². The molecular formula is C8H7IN2O4. The van der Waals surface area contributed by atoms with Gasteiger partial charge in [0.1, 0.15) is 14.9 Å². The van der Waals surface area contributed by atoms with Crippen LogP contribution in [0.5, 0.6) is 5.75 Å². The van der Waals surface area contributed by atoms with Crippen molar-refractivity contribution in [3.63, 3.8) is 0 Å². The first-order chi connectivity index (χ1) is 6.99. The van der Waals surface area contributed by atoms with E-state index in [9.17, 15) is 14.9 Å². The fourth-order valence-electron chi connectivity index (χ4n) is 1.09. The van der Waals surface area contributed by atoms with Crippen LogP contribution >= 0.6 is 22.6 Å². The summed E-state index contributed by atoms with van der Waals surface area (Å²) in [6.07, 6.45) is 0. The van der Waals surface area contributed by atoms with E-state index < -0.39 is 10.8 Å². The molecule has 0 saturated carbocycles. The Hall–Kier alpha value is -1.38. The predicted octanol–water partition coefficient (Wildman–Crippen LogP) is 1.31. The van der Waals surface area contributed by atoms with E-state index in [-0.39, 0.29) is 20.6 Å². The summed E-state index contributed by atoms with van der Waals surface area (Å²) in [7, 11) is 1.36. The summed E-state index contributed by atoms with van der Waals surface area (Å²) in [5.74, 6) is -0.516. The number of hydrogen-bond donors (Lipinski definition) is 1. The van der Waals surface area contributed by atoms with Gasteiger partial charge in [0.15, 0.2) is 0 Å². The van der Waals surface area contributed by atoms with Crippen LogP contribution in [0.4, 0.5) is 5.69 Å². The quantitative estimate of drug-likeness (QED) is 0.515. The van der Waals surface area contributed by atoms with Gasteiger partial charge < -0.3 is 10.5 Å². The SMILES string of the molecule is COc1ccc([N+](=O)[O-])c(I)c1C(N)=O. The maximum atomic E-state index is 11.1. The Morgan fingerprint density at radius 1 is 1.60 bits per heavy atom. The number of nitrogens with two attached hydrogens (primary N) is 1. The van der Waals surface area contributed by atoms with Gasteiger partial charge in [0.05, 0.1) is 12.0 Å². The highest BCUT2D eigenvalue weighted by Gasteiger charge is 2.22. The number of nitrogens with zero attached hydrogens (tertiary/aromatic N) is 1. The zero-order chi connectivity index (χ0) is 11.6. The van der Waals surface area contributed by atoms with Crippen LogP contribution in [-0.2, 0) is 0 Å². The molecule has 0 saturated heterocycles. The Balaban J connectivity index is 3.49. The third-order valence-electron chi connectivity index (χ3n) is 1.75. The fourth-order valence-corrected chi connectivity index (χ4v) is 2.00. The van der Waals surface area contributed by atoms with Crippen molar-refractivity contribution in [3.05, 3.63) is 31.4 Å². The molecule has 6 nitrogen and oxygen atoms in total. The van der Waals surface area contributed by atoms with Gasteiger partial charge in [-0.2, -0.15) is 0 Å². The molecule has 0 bridgehead atoms. The van der Waals surface area contributed by atoms with Gasteiger partial charge in [-0.05, 0) is 28.7 Å². The Bertz CT molecular complexity index is 433. The Morgan fingerprint density at radius 3 is 2.60 bits per heavy atom. The standard InChI is InChI=1S/C8H7IN2O4/c1-15-5-3-2-4(11(13)14)7(9)6(5)8(10)12/h2-3H,1H3,(H2,10,12). The number of carbonyl (C=O) groups is 1. The highest BCUT2D eigenvalue weighted by atomic mass is 127. The van der Waals surface area contributed by atoms with Gasteiger partial charge in [-0.3, -0.25) is 14.9 Å². The molecule has 0 aliphatic rings. The maximum Gasteiger partial charge on any atom is 0.283 e. The van der Waals surface area contributed by atoms with Gasteiger partial charge in [-0.15, -0.1) is 0 Å². The Kier molecular flexibility index (Phi) is 3.45. The lowest BCUT2D eigenvalue weighted by Gasteiger charge is -2.07. The zero-order valence-corrected chi connectivity index (χ0v) is 9.85. The third-order valence-corrected chi connectivity index (χ3v) is 2.84. The average Bonchev–Trinajstić information content (AvgIpc) is 2.15. The highest BCUT2D eigenvalue weighted by molar-refractivity contribution is 14.1. The molecule has 0 aliphatic heterocycles. The van der Waals surface area contributed by atoms with Crippen LogP contribution in [0.2, 0.25) is 0 Å². The van der Waals surface area contributed by atoms with Gasteiger partial charge >= 0.3 is 0 Å². The number of rotatable bonds is 3. The maximum absolute atomic E-state index is 11.1. The van der Waals surface area contributed by atoms with Crippen LogP contribution in [-0.4, -0.2) is 17.9 Å². The summed E-state index contributed by atoms with van der Waals surface area (Å²) in [6.45, 7) is 0. The number of nitro groups is 1. The van der Waals surface area contributed by atoms with Crippen molar-refractivity contribution < 1.29 is 14.5 Å². The molecule has 1 aromatic carbocycles. The van der Waals surface area contributed by atoms with Crippen molar-refractivity contribution in [1.82, 2.24) is 0 Å². The fraction of sp³-hybridized carbons (Fsp3) is 0.125. The number of halogens is 1. The number of benzene rings is 1. The highest BCUT2D eigenvalue weighted by Crippen LogP contribution is 2.30. The van der Waals surface area contributed by atoms with Crippen LogP contribution < -0.4 is 10.5 Å². The van der Waals surface area contributed by atoms with Crippen molar-refractivity contribution in [2.45, 2.75) is 0 Å².